The van der Waals surface area contributed by atoms with Crippen molar-refractivity contribution < 1.29 is 37.4 Å². The largest absolute Gasteiger partial charge is 0.490 e. The summed E-state index contributed by atoms with van der Waals surface area (Å²) in [4.78, 5) is 44.0. The smallest absolute Gasteiger partial charge is 0.489 e. The number of halogens is 3. The molecular weight excluding hydrogens is 685 g/mol. The van der Waals surface area contributed by atoms with Crippen LogP contribution in [0.2, 0.25) is 0 Å². The Bertz CT molecular complexity index is 1950. The van der Waals surface area contributed by atoms with E-state index in [1.165, 1.54) is 27.8 Å². The summed E-state index contributed by atoms with van der Waals surface area (Å²) in [5, 5.41) is 15.7. The van der Waals surface area contributed by atoms with Gasteiger partial charge in [-0.05, 0) is 60.2 Å². The van der Waals surface area contributed by atoms with Gasteiger partial charge in [0, 0.05) is 62.9 Å². The third-order valence-electron chi connectivity index (χ3n) is 9.48. The Morgan fingerprint density at radius 1 is 1.14 bits per heavy atom. The number of fused-ring (bicyclic) bond motifs is 2. The summed E-state index contributed by atoms with van der Waals surface area (Å²) in [6, 6.07) is 12.6. The zero-order valence-electron chi connectivity index (χ0n) is 29.3. The lowest BCUT2D eigenvalue weighted by atomic mass is 9.69. The van der Waals surface area contributed by atoms with Crippen LogP contribution in [0.5, 0.6) is 5.75 Å². The van der Waals surface area contributed by atoms with Gasteiger partial charge >= 0.3 is 12.1 Å². The lowest BCUT2D eigenvalue weighted by Gasteiger charge is -2.37. The highest BCUT2D eigenvalue weighted by molar-refractivity contribution is 8.13. The summed E-state index contributed by atoms with van der Waals surface area (Å²) in [7, 11) is 1.88. The number of nitrogens with zero attached hydrogens (tertiary/aromatic N) is 6. The molecule has 0 bridgehead atoms. The van der Waals surface area contributed by atoms with Crippen molar-refractivity contribution in [2.45, 2.75) is 72.3 Å². The van der Waals surface area contributed by atoms with E-state index in [4.69, 9.17) is 14.6 Å². The summed E-state index contributed by atoms with van der Waals surface area (Å²) in [6.45, 7) is 13.0. The summed E-state index contributed by atoms with van der Waals surface area (Å²) in [5.74, 6) is -1.70. The number of benzene rings is 2. The van der Waals surface area contributed by atoms with Crippen molar-refractivity contribution in [2.24, 2.45) is 12.5 Å². The lowest BCUT2D eigenvalue weighted by molar-refractivity contribution is -0.192. The van der Waals surface area contributed by atoms with Gasteiger partial charge in [0.2, 0.25) is 5.91 Å². The molecule has 2 aliphatic rings. The first-order valence-electron chi connectivity index (χ1n) is 16.5. The Kier molecular flexibility index (Phi) is 11.1. The van der Waals surface area contributed by atoms with E-state index < -0.39 is 17.6 Å². The number of pyridine rings is 1. The average Bonchev–Trinajstić information content (AvgIpc) is 3.62. The number of imide groups is 1. The second kappa shape index (κ2) is 15.0. The maximum Gasteiger partial charge on any atom is 0.490 e. The molecule has 0 unspecified atom stereocenters. The van der Waals surface area contributed by atoms with Crippen LogP contribution >= 0.6 is 11.8 Å². The first kappa shape index (κ1) is 37.7. The van der Waals surface area contributed by atoms with Gasteiger partial charge in [-0.15, -0.1) is 5.10 Å². The van der Waals surface area contributed by atoms with Crippen LogP contribution in [0.4, 0.5) is 18.0 Å². The number of hydrogen-bond acceptors (Lipinski definition) is 9. The summed E-state index contributed by atoms with van der Waals surface area (Å²) >= 11 is 1.21. The molecular formula is C36H41F3N6O5S. The van der Waals surface area contributed by atoms with Crippen LogP contribution in [0.15, 0.2) is 48.8 Å². The fourth-order valence-corrected chi connectivity index (χ4v) is 7.45. The predicted octanol–water partition coefficient (Wildman–Crippen LogP) is 6.64. The van der Waals surface area contributed by atoms with Crippen LogP contribution in [0.1, 0.15) is 66.5 Å². The lowest BCUT2D eigenvalue weighted by Crippen LogP contribution is -2.44. The van der Waals surface area contributed by atoms with Crippen LogP contribution in [-0.2, 0) is 29.7 Å². The number of carboxylic acid groups (broad SMARTS) is 1. The number of aliphatic carboxylic acids is 1. The highest BCUT2D eigenvalue weighted by Crippen LogP contribution is 2.46. The minimum absolute atomic E-state index is 0.0867. The molecule has 2 amide bonds. The van der Waals surface area contributed by atoms with E-state index in [9.17, 15) is 22.8 Å². The van der Waals surface area contributed by atoms with E-state index in [0.29, 0.717) is 12.3 Å². The molecule has 4 aromatic rings. The second-order valence-electron chi connectivity index (χ2n) is 13.4. The summed E-state index contributed by atoms with van der Waals surface area (Å²) in [6.07, 6.45) is -0.402. The molecule has 0 spiro atoms. The fraction of sp³-hybridized carbons (Fsp3) is 0.444. The fourth-order valence-electron chi connectivity index (χ4n) is 6.67. The standard InChI is InChI=1S/C34H40N6O3S.C2HF3O2/c1-7-26-20-39(19-25-17-35-13-12-29(25)43-26)18-24-16-23(9-8-21(24)2)30(34(4,5)32(41)40-14-15-44-33(40)42)27-10-11-28-31(22(27)3)36-37-38(28)6;3-2(4,5)1(6)7/h8-13,16-17,26,30H,7,14-15,18-20H2,1-6H3;(H,6,7)/t26-,30+;/m1./s1. The monoisotopic (exact) mass is 726 g/mol. The number of ether oxygens (including phenoxy) is 1. The molecule has 2 aromatic carbocycles. The van der Waals surface area contributed by atoms with E-state index in [1.54, 1.807) is 10.9 Å². The molecule has 272 valence electrons. The molecule has 1 fully saturated rings. The second-order valence-corrected chi connectivity index (χ2v) is 14.4. The van der Waals surface area contributed by atoms with Crippen molar-refractivity contribution >= 4 is 39.9 Å². The molecule has 0 radical (unpaired) electrons. The predicted molar refractivity (Wildman–Crippen MR) is 186 cm³/mol. The van der Waals surface area contributed by atoms with Crippen molar-refractivity contribution in [1.82, 2.24) is 29.8 Å². The number of carboxylic acids is 1. The third-order valence-corrected chi connectivity index (χ3v) is 10.3. The van der Waals surface area contributed by atoms with Crippen molar-refractivity contribution in [3.05, 3.63) is 82.2 Å². The van der Waals surface area contributed by atoms with Crippen LogP contribution < -0.4 is 4.74 Å². The number of hydrogen-bond donors (Lipinski definition) is 1. The van der Waals surface area contributed by atoms with Gasteiger partial charge in [-0.2, -0.15) is 13.2 Å². The highest BCUT2D eigenvalue weighted by atomic mass is 32.2. The van der Waals surface area contributed by atoms with Crippen molar-refractivity contribution in [3.63, 3.8) is 0 Å². The van der Waals surface area contributed by atoms with E-state index in [1.807, 2.05) is 39.2 Å². The van der Waals surface area contributed by atoms with Gasteiger partial charge in [0.1, 0.15) is 17.4 Å². The summed E-state index contributed by atoms with van der Waals surface area (Å²) < 4.78 is 39.8. The maximum atomic E-state index is 14.2. The number of aryl methyl sites for hydroxylation is 3. The summed E-state index contributed by atoms with van der Waals surface area (Å²) in [5.41, 5.74) is 7.36. The van der Waals surface area contributed by atoms with Crippen LogP contribution in [-0.4, -0.2) is 83.1 Å². The molecule has 2 aromatic heterocycles. The number of alkyl halides is 3. The Hall–Kier alpha value is -4.50. The number of carbonyl (C=O) groups is 3. The highest BCUT2D eigenvalue weighted by Gasteiger charge is 2.45. The number of aromatic nitrogens is 4. The first-order chi connectivity index (χ1) is 24.0. The Labute approximate surface area is 298 Å². The molecule has 0 aliphatic carbocycles. The molecule has 2 aliphatic heterocycles. The van der Waals surface area contributed by atoms with Gasteiger partial charge in [-0.3, -0.25) is 24.4 Å². The van der Waals surface area contributed by atoms with E-state index in [2.05, 4.69) is 65.2 Å². The quantitative estimate of drug-likeness (QED) is 0.221. The maximum absolute atomic E-state index is 14.2. The number of thioether (sulfide) groups is 1. The molecule has 15 heteroatoms. The normalized spacial score (nSPS) is 17.3. The van der Waals surface area contributed by atoms with Crippen molar-refractivity contribution in [3.8, 4) is 5.75 Å². The van der Waals surface area contributed by atoms with Gasteiger partial charge in [-0.25, -0.2) is 9.48 Å². The third kappa shape index (κ3) is 8.04. The zero-order valence-corrected chi connectivity index (χ0v) is 30.1. The number of amides is 2. The van der Waals surface area contributed by atoms with Gasteiger partial charge in [0.15, 0.2) is 0 Å². The number of rotatable bonds is 7. The SMILES string of the molecule is CC[C@@H]1CN(Cc2cc([C@@H](c3ccc4c(nnn4C)c3C)C(C)(C)C(=O)N3CCSC3=O)ccc2C)Cc2cnccc2O1.O=C(O)C(F)(F)F. The zero-order chi connectivity index (χ0) is 37.2. The molecule has 2 atom stereocenters. The van der Waals surface area contributed by atoms with E-state index in [0.717, 1.165) is 65.1 Å². The Morgan fingerprint density at radius 2 is 1.86 bits per heavy atom. The van der Waals surface area contributed by atoms with Crippen molar-refractivity contribution in [1.29, 1.82) is 0 Å². The van der Waals surface area contributed by atoms with Crippen molar-refractivity contribution in [2.75, 3.05) is 18.8 Å². The molecule has 1 saturated heterocycles. The van der Waals surface area contributed by atoms with Gasteiger partial charge in [0.05, 0.1) is 10.9 Å². The molecule has 0 saturated carbocycles. The molecule has 1 N–H and O–H groups in total. The van der Waals surface area contributed by atoms with Gasteiger partial charge < -0.3 is 9.84 Å². The van der Waals surface area contributed by atoms with Crippen LogP contribution in [0, 0.1) is 19.3 Å². The molecule has 11 nitrogen and oxygen atoms in total. The minimum atomic E-state index is -5.08. The molecule has 4 heterocycles. The van der Waals surface area contributed by atoms with Gasteiger partial charge in [-0.1, -0.05) is 62.0 Å². The van der Waals surface area contributed by atoms with Crippen LogP contribution in [0.25, 0.3) is 11.0 Å². The molecule has 6 rings (SSSR count). The topological polar surface area (TPSA) is 131 Å². The van der Waals surface area contributed by atoms with E-state index in [-0.39, 0.29) is 23.2 Å². The Morgan fingerprint density at radius 3 is 2.51 bits per heavy atom. The van der Waals surface area contributed by atoms with Crippen LogP contribution in [0.3, 0.4) is 0 Å². The first-order valence-corrected chi connectivity index (χ1v) is 17.5. The molecule has 51 heavy (non-hydrogen) atoms. The average molecular weight is 727 g/mol. The van der Waals surface area contributed by atoms with Gasteiger partial charge in [0.25, 0.3) is 5.24 Å². The Balaban J connectivity index is 0.000000654. The number of carbonyl (C=O) groups excluding carboxylic acids is 2. The minimum Gasteiger partial charge on any atom is -0.489 e. The van der Waals surface area contributed by atoms with E-state index >= 15 is 0 Å².